The van der Waals surface area contributed by atoms with E-state index in [0.29, 0.717) is 0 Å². The lowest BCUT2D eigenvalue weighted by molar-refractivity contribution is 0.0545. The lowest BCUT2D eigenvalue weighted by Crippen LogP contribution is -2.47. The Morgan fingerprint density at radius 1 is 0.706 bits per heavy atom. The molecular weight excluding hydrogens is 432 g/mol. The van der Waals surface area contributed by atoms with Crippen LogP contribution < -0.4 is 16.0 Å². The smallest absolute Gasteiger partial charge is 0.414 e. The van der Waals surface area contributed by atoms with Crippen molar-refractivity contribution in [3.8, 4) is 0 Å². The molecule has 0 heterocycles. The van der Waals surface area contributed by atoms with Gasteiger partial charge >= 0.3 is 12.2 Å². The number of carbonyl (C=O) groups excluding carboxylic acids is 2. The Labute approximate surface area is 202 Å². The van der Waals surface area contributed by atoms with Gasteiger partial charge in [0, 0.05) is 13.1 Å². The highest BCUT2D eigenvalue weighted by Crippen LogP contribution is 2.09. The van der Waals surface area contributed by atoms with Gasteiger partial charge in [0.1, 0.15) is 11.2 Å². The Kier molecular flexibility index (Phi) is 9.62. The summed E-state index contributed by atoms with van der Waals surface area (Å²) in [5.41, 5.74) is 1.91. The number of benzene rings is 2. The Bertz CT molecular complexity index is 927. The maximum Gasteiger partial charge on any atom is 0.414 e. The number of guanidine groups is 1. The average Bonchev–Trinajstić information content (AvgIpc) is 2.71. The zero-order valence-electron chi connectivity index (χ0n) is 20.9. The highest BCUT2D eigenvalue weighted by Gasteiger charge is 2.21. The standard InChI is InChI=1S/C26H36N4O4/c1-25(2,3)33-23(31)29-22(30-24(32)34-26(4,5)6)28-18-21-14-12-20(13-15-21)17-27-16-19-10-8-7-9-11-19/h7-15,27H,16-18H2,1-6H3,(H2,28,29,30,31,32). The molecular formula is C26H36N4O4. The third kappa shape index (κ3) is 11.5. The van der Waals surface area contributed by atoms with Gasteiger partial charge in [0.25, 0.3) is 0 Å². The van der Waals surface area contributed by atoms with Crippen molar-refractivity contribution in [1.82, 2.24) is 16.0 Å². The number of nitrogens with zero attached hydrogens (tertiary/aromatic N) is 1. The van der Waals surface area contributed by atoms with Crippen LogP contribution in [0.5, 0.6) is 0 Å². The second-order valence-corrected chi connectivity index (χ2v) is 9.82. The monoisotopic (exact) mass is 468 g/mol. The zero-order valence-corrected chi connectivity index (χ0v) is 20.9. The van der Waals surface area contributed by atoms with Gasteiger partial charge in [0.2, 0.25) is 5.96 Å². The van der Waals surface area contributed by atoms with Gasteiger partial charge in [0.05, 0.1) is 6.54 Å². The molecule has 0 saturated heterocycles. The highest BCUT2D eigenvalue weighted by atomic mass is 16.6. The molecule has 0 aliphatic heterocycles. The van der Waals surface area contributed by atoms with E-state index in [-0.39, 0.29) is 12.5 Å². The van der Waals surface area contributed by atoms with E-state index in [4.69, 9.17) is 9.47 Å². The quantitative estimate of drug-likeness (QED) is 0.414. The first-order valence-electron chi connectivity index (χ1n) is 11.3. The number of hydrogen-bond acceptors (Lipinski definition) is 6. The molecule has 2 rings (SSSR count). The van der Waals surface area contributed by atoms with E-state index in [1.807, 2.05) is 42.5 Å². The van der Waals surface area contributed by atoms with Crippen molar-refractivity contribution >= 4 is 18.1 Å². The second-order valence-electron chi connectivity index (χ2n) is 9.82. The first kappa shape index (κ1) is 26.9. The number of alkyl carbamates (subject to hydrolysis) is 2. The first-order valence-corrected chi connectivity index (χ1v) is 11.3. The average molecular weight is 469 g/mol. The molecule has 0 atom stereocenters. The van der Waals surface area contributed by atoms with Crippen molar-refractivity contribution in [1.29, 1.82) is 0 Å². The van der Waals surface area contributed by atoms with Crippen molar-refractivity contribution in [3.63, 3.8) is 0 Å². The molecule has 2 aromatic carbocycles. The van der Waals surface area contributed by atoms with Crippen molar-refractivity contribution < 1.29 is 19.1 Å². The molecule has 0 fully saturated rings. The van der Waals surface area contributed by atoms with Crippen molar-refractivity contribution in [2.45, 2.75) is 72.4 Å². The third-order valence-corrected chi connectivity index (χ3v) is 4.18. The lowest BCUT2D eigenvalue weighted by atomic mass is 10.1. The molecule has 2 aromatic rings. The lowest BCUT2D eigenvalue weighted by Gasteiger charge is -2.22. The van der Waals surface area contributed by atoms with Crippen LogP contribution in [-0.4, -0.2) is 29.3 Å². The minimum absolute atomic E-state index is 0.0443. The van der Waals surface area contributed by atoms with Crippen LogP contribution >= 0.6 is 0 Å². The van der Waals surface area contributed by atoms with Gasteiger partial charge in [0.15, 0.2) is 0 Å². The summed E-state index contributed by atoms with van der Waals surface area (Å²) in [6.45, 7) is 12.3. The summed E-state index contributed by atoms with van der Waals surface area (Å²) in [6, 6.07) is 18.2. The molecule has 34 heavy (non-hydrogen) atoms. The molecule has 0 bridgehead atoms. The van der Waals surface area contributed by atoms with Crippen LogP contribution in [0.4, 0.5) is 9.59 Å². The van der Waals surface area contributed by atoms with E-state index >= 15 is 0 Å². The number of nitrogens with one attached hydrogen (secondary N) is 3. The summed E-state index contributed by atoms with van der Waals surface area (Å²) in [6.07, 6.45) is -1.44. The maximum absolute atomic E-state index is 12.2. The fourth-order valence-corrected chi connectivity index (χ4v) is 2.79. The molecule has 2 amide bonds. The molecule has 0 radical (unpaired) electrons. The second kappa shape index (κ2) is 12.2. The molecule has 0 aliphatic rings. The minimum Gasteiger partial charge on any atom is -0.444 e. The van der Waals surface area contributed by atoms with E-state index in [0.717, 1.165) is 24.2 Å². The number of rotatable bonds is 6. The van der Waals surface area contributed by atoms with Crippen molar-refractivity contribution in [3.05, 3.63) is 71.3 Å². The number of carbonyl (C=O) groups is 2. The summed E-state index contributed by atoms with van der Waals surface area (Å²) in [4.78, 5) is 28.7. The van der Waals surface area contributed by atoms with Gasteiger partial charge < -0.3 is 14.8 Å². The Morgan fingerprint density at radius 2 is 1.15 bits per heavy atom. The number of hydrogen-bond donors (Lipinski definition) is 3. The van der Waals surface area contributed by atoms with Crippen LogP contribution in [0.1, 0.15) is 58.2 Å². The summed E-state index contributed by atoms with van der Waals surface area (Å²) in [5.74, 6) is -0.0443. The number of amides is 2. The van der Waals surface area contributed by atoms with Gasteiger partial charge in [-0.2, -0.15) is 0 Å². The van der Waals surface area contributed by atoms with Crippen LogP contribution in [0.3, 0.4) is 0 Å². The van der Waals surface area contributed by atoms with Gasteiger partial charge in [-0.15, -0.1) is 0 Å². The summed E-state index contributed by atoms with van der Waals surface area (Å²) < 4.78 is 10.5. The van der Waals surface area contributed by atoms with Gasteiger partial charge in [-0.25, -0.2) is 14.6 Å². The highest BCUT2D eigenvalue weighted by molar-refractivity contribution is 6.01. The normalized spacial score (nSPS) is 11.4. The van der Waals surface area contributed by atoms with Crippen LogP contribution in [0.25, 0.3) is 0 Å². The summed E-state index contributed by atoms with van der Waals surface area (Å²) in [7, 11) is 0. The van der Waals surface area contributed by atoms with Crippen molar-refractivity contribution in [2.24, 2.45) is 4.99 Å². The molecule has 3 N–H and O–H groups in total. The van der Waals surface area contributed by atoms with E-state index in [1.54, 1.807) is 41.5 Å². The van der Waals surface area contributed by atoms with Crippen LogP contribution in [0.2, 0.25) is 0 Å². The molecule has 184 valence electrons. The molecule has 8 nitrogen and oxygen atoms in total. The molecule has 0 spiro atoms. The number of aliphatic imine (C=N–C) groups is 1. The fraction of sp³-hybridized carbons (Fsp3) is 0.423. The van der Waals surface area contributed by atoms with Gasteiger partial charge in [-0.05, 0) is 58.2 Å². The van der Waals surface area contributed by atoms with E-state index < -0.39 is 23.4 Å². The third-order valence-electron chi connectivity index (χ3n) is 4.18. The van der Waals surface area contributed by atoms with Gasteiger partial charge in [-0.1, -0.05) is 54.6 Å². The van der Waals surface area contributed by atoms with E-state index in [1.165, 1.54) is 5.56 Å². The van der Waals surface area contributed by atoms with Gasteiger partial charge in [-0.3, -0.25) is 10.6 Å². The first-order chi connectivity index (χ1) is 15.9. The predicted molar refractivity (Wildman–Crippen MR) is 133 cm³/mol. The molecule has 0 aromatic heterocycles. The topological polar surface area (TPSA) is 101 Å². The SMILES string of the molecule is CC(C)(C)OC(=O)NC(=NCc1ccc(CNCc2ccccc2)cc1)NC(=O)OC(C)(C)C. The predicted octanol–water partition coefficient (Wildman–Crippen LogP) is 4.88. The van der Waals surface area contributed by atoms with Crippen LogP contribution in [0.15, 0.2) is 59.6 Å². The minimum atomic E-state index is -0.720. The van der Waals surface area contributed by atoms with E-state index in [2.05, 4.69) is 33.1 Å². The molecule has 0 saturated carbocycles. The Balaban J connectivity index is 1.98. The fourth-order valence-electron chi connectivity index (χ4n) is 2.79. The maximum atomic E-state index is 12.2. The largest absolute Gasteiger partial charge is 0.444 e. The van der Waals surface area contributed by atoms with Crippen LogP contribution in [-0.2, 0) is 29.1 Å². The molecule has 0 aliphatic carbocycles. The summed E-state index contributed by atoms with van der Waals surface area (Å²) >= 11 is 0. The van der Waals surface area contributed by atoms with E-state index in [9.17, 15) is 9.59 Å². The van der Waals surface area contributed by atoms with Crippen molar-refractivity contribution in [2.75, 3.05) is 0 Å². The number of ether oxygens (including phenoxy) is 2. The molecule has 0 unspecified atom stereocenters. The molecule has 8 heteroatoms. The Hall–Kier alpha value is -3.39. The Morgan fingerprint density at radius 3 is 1.62 bits per heavy atom. The van der Waals surface area contributed by atoms with Crippen LogP contribution in [0, 0.1) is 0 Å². The summed E-state index contributed by atoms with van der Waals surface area (Å²) in [5, 5.41) is 8.38. The zero-order chi connectivity index (χ0) is 25.2.